The maximum absolute atomic E-state index is 3.46. The van der Waals surface area contributed by atoms with E-state index >= 15 is 0 Å². The predicted octanol–water partition coefficient (Wildman–Crippen LogP) is 2.67. The van der Waals surface area contributed by atoms with Crippen molar-refractivity contribution in [3.05, 3.63) is 15.9 Å². The summed E-state index contributed by atoms with van der Waals surface area (Å²) in [5.74, 6) is 0. The lowest BCUT2D eigenvalue weighted by Crippen LogP contribution is -2.29. The van der Waals surface area contributed by atoms with Gasteiger partial charge in [-0.1, -0.05) is 0 Å². The minimum Gasteiger partial charge on any atom is -0.375 e. The van der Waals surface area contributed by atoms with Crippen molar-refractivity contribution in [3.63, 3.8) is 0 Å². The first-order valence-corrected chi connectivity index (χ1v) is 6.18. The van der Waals surface area contributed by atoms with Crippen LogP contribution in [-0.2, 0) is 0 Å². The van der Waals surface area contributed by atoms with Gasteiger partial charge >= 0.3 is 0 Å². The van der Waals surface area contributed by atoms with Crippen LogP contribution in [0.5, 0.6) is 0 Å². The third-order valence-corrected chi connectivity index (χ3v) is 3.84. The molecule has 0 bridgehead atoms. The van der Waals surface area contributed by atoms with Gasteiger partial charge in [0, 0.05) is 12.6 Å². The summed E-state index contributed by atoms with van der Waals surface area (Å²) in [6.07, 6.45) is 2.63. The summed E-state index contributed by atoms with van der Waals surface area (Å²) < 4.78 is 1.19. The zero-order valence-corrected chi connectivity index (χ0v) is 9.75. The standard InChI is InChI=1S/C9H13BrN2S/c10-8-3-4-9(13-8)12-6-7-2-1-5-11-7/h3-4,7,11-12H,1-2,5-6H2. The first-order valence-electron chi connectivity index (χ1n) is 4.57. The largest absolute Gasteiger partial charge is 0.375 e. The van der Waals surface area contributed by atoms with Crippen LogP contribution in [0, 0.1) is 0 Å². The molecule has 2 nitrogen and oxygen atoms in total. The zero-order chi connectivity index (χ0) is 9.10. The van der Waals surface area contributed by atoms with Gasteiger partial charge in [-0.3, -0.25) is 0 Å². The number of halogens is 1. The summed E-state index contributed by atoms with van der Waals surface area (Å²) in [7, 11) is 0. The lowest BCUT2D eigenvalue weighted by atomic mass is 10.2. The smallest absolute Gasteiger partial charge is 0.0894 e. The lowest BCUT2D eigenvalue weighted by Gasteiger charge is -2.10. The molecule has 1 atom stereocenters. The molecule has 1 aromatic rings. The van der Waals surface area contributed by atoms with Gasteiger partial charge in [-0.25, -0.2) is 0 Å². The molecule has 4 heteroatoms. The van der Waals surface area contributed by atoms with Gasteiger partial charge in [-0.2, -0.15) is 0 Å². The molecule has 72 valence electrons. The Morgan fingerprint density at radius 2 is 2.54 bits per heavy atom. The van der Waals surface area contributed by atoms with Crippen molar-refractivity contribution in [1.82, 2.24) is 5.32 Å². The molecule has 0 spiro atoms. The maximum atomic E-state index is 3.46. The second kappa shape index (κ2) is 4.44. The van der Waals surface area contributed by atoms with Crippen LogP contribution in [0.3, 0.4) is 0 Å². The van der Waals surface area contributed by atoms with E-state index in [4.69, 9.17) is 0 Å². The number of thiophene rings is 1. The molecule has 2 N–H and O–H groups in total. The molecule has 1 unspecified atom stereocenters. The second-order valence-electron chi connectivity index (χ2n) is 3.28. The predicted molar refractivity (Wildman–Crippen MR) is 61.5 cm³/mol. The first kappa shape index (κ1) is 9.49. The van der Waals surface area contributed by atoms with Gasteiger partial charge in [-0.15, -0.1) is 11.3 Å². The molecule has 0 saturated carbocycles. The van der Waals surface area contributed by atoms with Crippen LogP contribution in [0.2, 0.25) is 0 Å². The van der Waals surface area contributed by atoms with Crippen molar-refractivity contribution in [2.24, 2.45) is 0 Å². The molecular weight excluding hydrogens is 248 g/mol. The lowest BCUT2D eigenvalue weighted by molar-refractivity contribution is 0.634. The number of rotatable bonds is 3. The van der Waals surface area contributed by atoms with Crippen LogP contribution >= 0.6 is 27.3 Å². The number of hydrogen-bond acceptors (Lipinski definition) is 3. The van der Waals surface area contributed by atoms with Crippen LogP contribution in [0.1, 0.15) is 12.8 Å². The highest BCUT2D eigenvalue weighted by atomic mass is 79.9. The van der Waals surface area contributed by atoms with Gasteiger partial charge in [0.1, 0.15) is 0 Å². The van der Waals surface area contributed by atoms with Crippen LogP contribution in [0.25, 0.3) is 0 Å². The molecule has 0 amide bonds. The van der Waals surface area contributed by atoms with Gasteiger partial charge in [0.2, 0.25) is 0 Å². The van der Waals surface area contributed by atoms with E-state index in [0.29, 0.717) is 6.04 Å². The van der Waals surface area contributed by atoms with Gasteiger partial charge in [0.05, 0.1) is 8.79 Å². The molecule has 1 saturated heterocycles. The fourth-order valence-corrected chi connectivity index (χ4v) is 2.86. The fourth-order valence-electron chi connectivity index (χ4n) is 1.56. The Hall–Kier alpha value is -0.0600. The summed E-state index contributed by atoms with van der Waals surface area (Å²) in [6, 6.07) is 4.86. The molecule has 1 aliphatic rings. The van der Waals surface area contributed by atoms with E-state index < -0.39 is 0 Å². The molecule has 2 heterocycles. The first-order chi connectivity index (χ1) is 6.34. The van der Waals surface area contributed by atoms with Crippen molar-refractivity contribution < 1.29 is 0 Å². The van der Waals surface area contributed by atoms with Crippen molar-refractivity contribution in [1.29, 1.82) is 0 Å². The molecule has 0 aromatic carbocycles. The third kappa shape index (κ3) is 2.69. The minimum atomic E-state index is 0.667. The highest BCUT2D eigenvalue weighted by Crippen LogP contribution is 2.26. The monoisotopic (exact) mass is 260 g/mol. The Labute approximate surface area is 90.9 Å². The van der Waals surface area contributed by atoms with Crippen molar-refractivity contribution >= 4 is 32.3 Å². The average molecular weight is 261 g/mol. The second-order valence-corrected chi connectivity index (χ2v) is 5.74. The number of hydrogen-bond donors (Lipinski definition) is 2. The van der Waals surface area contributed by atoms with Gasteiger partial charge in [0.25, 0.3) is 0 Å². The molecule has 0 aliphatic carbocycles. The summed E-state index contributed by atoms with van der Waals surface area (Å²) >= 11 is 5.20. The van der Waals surface area contributed by atoms with Crippen molar-refractivity contribution in [3.8, 4) is 0 Å². The van der Waals surface area contributed by atoms with E-state index in [9.17, 15) is 0 Å². The van der Waals surface area contributed by atoms with E-state index in [0.717, 1.165) is 6.54 Å². The van der Waals surface area contributed by atoms with Crippen molar-refractivity contribution in [2.75, 3.05) is 18.4 Å². The summed E-state index contributed by atoms with van der Waals surface area (Å²) in [4.78, 5) is 0. The average Bonchev–Trinajstić information content (AvgIpc) is 2.71. The zero-order valence-electron chi connectivity index (χ0n) is 7.35. The van der Waals surface area contributed by atoms with E-state index in [1.54, 1.807) is 11.3 Å². The molecule has 1 aromatic heterocycles. The summed E-state index contributed by atoms with van der Waals surface area (Å²) in [6.45, 7) is 2.23. The molecule has 13 heavy (non-hydrogen) atoms. The normalized spacial score (nSPS) is 22.1. The highest BCUT2D eigenvalue weighted by molar-refractivity contribution is 9.11. The Bertz CT molecular complexity index is 268. The van der Waals surface area contributed by atoms with Gasteiger partial charge in [-0.05, 0) is 47.4 Å². The number of nitrogens with one attached hydrogen (secondary N) is 2. The maximum Gasteiger partial charge on any atom is 0.0894 e. The van der Waals surface area contributed by atoms with E-state index in [2.05, 4.69) is 38.7 Å². The Balaban J connectivity index is 1.78. The molecule has 2 rings (SSSR count). The quantitative estimate of drug-likeness (QED) is 0.874. The van der Waals surface area contributed by atoms with Gasteiger partial charge in [0.15, 0.2) is 0 Å². The number of anilines is 1. The topological polar surface area (TPSA) is 24.1 Å². The summed E-state index contributed by atoms with van der Waals surface area (Å²) in [5.41, 5.74) is 0. The van der Waals surface area contributed by atoms with Gasteiger partial charge < -0.3 is 10.6 Å². The Morgan fingerprint density at radius 1 is 1.62 bits per heavy atom. The van der Waals surface area contributed by atoms with E-state index in [1.807, 2.05) is 0 Å². The van der Waals surface area contributed by atoms with Crippen LogP contribution in [0.15, 0.2) is 15.9 Å². The van der Waals surface area contributed by atoms with Crippen molar-refractivity contribution in [2.45, 2.75) is 18.9 Å². The molecule has 1 aliphatic heterocycles. The molecular formula is C9H13BrN2S. The Kier molecular flexibility index (Phi) is 3.24. The SMILES string of the molecule is Brc1ccc(NCC2CCCN2)s1. The molecule has 0 radical (unpaired) electrons. The Morgan fingerprint density at radius 3 is 3.15 bits per heavy atom. The van der Waals surface area contributed by atoms with Crippen LogP contribution < -0.4 is 10.6 Å². The minimum absolute atomic E-state index is 0.667. The van der Waals surface area contributed by atoms with Crippen LogP contribution in [0.4, 0.5) is 5.00 Å². The van der Waals surface area contributed by atoms with E-state index in [-0.39, 0.29) is 0 Å². The molecule has 1 fully saturated rings. The van der Waals surface area contributed by atoms with E-state index in [1.165, 1.54) is 28.2 Å². The third-order valence-electron chi connectivity index (χ3n) is 2.26. The summed E-state index contributed by atoms with van der Waals surface area (Å²) in [5, 5.41) is 8.15. The fraction of sp³-hybridized carbons (Fsp3) is 0.556. The highest BCUT2D eigenvalue weighted by Gasteiger charge is 2.13. The van der Waals surface area contributed by atoms with Crippen LogP contribution in [-0.4, -0.2) is 19.1 Å².